The molecule has 0 bridgehead atoms. The number of rotatable bonds is 3. The molecule has 1 atom stereocenters. The minimum Gasteiger partial charge on any atom is -0.357 e. The molecule has 0 aromatic carbocycles. The first-order valence-corrected chi connectivity index (χ1v) is 9.64. The number of nitrogens with zero attached hydrogens (tertiary/aromatic N) is 3. The minimum atomic E-state index is -0.214. The lowest BCUT2D eigenvalue weighted by Crippen LogP contribution is -2.52. The maximum atomic E-state index is 12.8. The Labute approximate surface area is 153 Å². The third-order valence-corrected chi connectivity index (χ3v) is 5.98. The van der Waals surface area contributed by atoms with Gasteiger partial charge in [0.2, 0.25) is 11.8 Å². The van der Waals surface area contributed by atoms with E-state index in [4.69, 9.17) is 0 Å². The standard InChI is InChI=1S/C19H26N4O3/c24-17-12-14(13-23(17)15-4-1-2-5-15)18(25)21-8-10-22(11-9-21)19(26)16-6-3-7-20-16/h3,6-7,14-15,20H,1-2,4-5,8-13H2. The Morgan fingerprint density at radius 1 is 1.04 bits per heavy atom. The van der Waals surface area contributed by atoms with E-state index in [0.717, 1.165) is 12.8 Å². The molecule has 140 valence electrons. The monoisotopic (exact) mass is 358 g/mol. The van der Waals surface area contributed by atoms with Gasteiger partial charge in [-0.05, 0) is 25.0 Å². The fraction of sp³-hybridized carbons (Fsp3) is 0.632. The van der Waals surface area contributed by atoms with Crippen LogP contribution in [0.2, 0.25) is 0 Å². The molecule has 3 aliphatic rings. The first-order chi connectivity index (χ1) is 12.6. The van der Waals surface area contributed by atoms with Gasteiger partial charge in [0, 0.05) is 51.4 Å². The molecule has 1 aromatic rings. The van der Waals surface area contributed by atoms with Crippen molar-refractivity contribution in [3.63, 3.8) is 0 Å². The highest BCUT2D eigenvalue weighted by Gasteiger charge is 2.40. The van der Waals surface area contributed by atoms with E-state index in [1.165, 1.54) is 12.8 Å². The molecule has 1 N–H and O–H groups in total. The molecule has 0 radical (unpaired) electrons. The van der Waals surface area contributed by atoms with E-state index in [2.05, 4.69) is 4.98 Å². The van der Waals surface area contributed by atoms with E-state index in [0.29, 0.717) is 50.9 Å². The van der Waals surface area contributed by atoms with Crippen LogP contribution in [0.4, 0.5) is 0 Å². The lowest BCUT2D eigenvalue weighted by molar-refractivity contribution is -0.137. The van der Waals surface area contributed by atoms with Crippen LogP contribution in [0.1, 0.15) is 42.6 Å². The van der Waals surface area contributed by atoms with Gasteiger partial charge in [0.05, 0.1) is 5.92 Å². The van der Waals surface area contributed by atoms with Gasteiger partial charge < -0.3 is 19.7 Å². The van der Waals surface area contributed by atoms with Crippen LogP contribution in [0.15, 0.2) is 18.3 Å². The average molecular weight is 358 g/mol. The average Bonchev–Trinajstić information content (AvgIpc) is 3.41. The number of carbonyl (C=O) groups is 3. The molecule has 3 fully saturated rings. The second-order valence-electron chi connectivity index (χ2n) is 7.59. The number of piperazine rings is 1. The van der Waals surface area contributed by atoms with Crippen molar-refractivity contribution in [2.24, 2.45) is 5.92 Å². The first kappa shape index (κ1) is 17.1. The summed E-state index contributed by atoms with van der Waals surface area (Å²) in [7, 11) is 0. The van der Waals surface area contributed by atoms with E-state index in [1.54, 1.807) is 23.2 Å². The molecule has 1 saturated carbocycles. The molecule has 26 heavy (non-hydrogen) atoms. The Morgan fingerprint density at radius 2 is 1.73 bits per heavy atom. The molecule has 1 aromatic heterocycles. The number of hydrogen-bond acceptors (Lipinski definition) is 3. The summed E-state index contributed by atoms with van der Waals surface area (Å²) in [5.74, 6) is -0.0269. The second-order valence-corrected chi connectivity index (χ2v) is 7.59. The fourth-order valence-corrected chi connectivity index (χ4v) is 4.49. The van der Waals surface area contributed by atoms with Gasteiger partial charge in [-0.25, -0.2) is 0 Å². The maximum absolute atomic E-state index is 12.8. The van der Waals surface area contributed by atoms with Crippen molar-refractivity contribution in [1.82, 2.24) is 19.7 Å². The van der Waals surface area contributed by atoms with Crippen molar-refractivity contribution in [3.8, 4) is 0 Å². The van der Waals surface area contributed by atoms with Crippen molar-refractivity contribution in [3.05, 3.63) is 24.0 Å². The summed E-state index contributed by atoms with van der Waals surface area (Å²) in [4.78, 5) is 46.0. The largest absolute Gasteiger partial charge is 0.357 e. The van der Waals surface area contributed by atoms with Crippen molar-refractivity contribution in [2.45, 2.75) is 38.1 Å². The van der Waals surface area contributed by atoms with Crippen LogP contribution in [0.3, 0.4) is 0 Å². The van der Waals surface area contributed by atoms with Gasteiger partial charge >= 0.3 is 0 Å². The third kappa shape index (κ3) is 3.22. The molecule has 2 saturated heterocycles. The predicted octanol–water partition coefficient (Wildman–Crippen LogP) is 1.09. The van der Waals surface area contributed by atoms with E-state index >= 15 is 0 Å². The van der Waals surface area contributed by atoms with E-state index in [1.807, 2.05) is 9.80 Å². The summed E-state index contributed by atoms with van der Waals surface area (Å²) in [5.41, 5.74) is 0.582. The number of amides is 3. The third-order valence-electron chi connectivity index (χ3n) is 5.98. The molecule has 3 heterocycles. The summed E-state index contributed by atoms with van der Waals surface area (Å²) in [6, 6.07) is 3.91. The predicted molar refractivity (Wildman–Crippen MR) is 95.4 cm³/mol. The van der Waals surface area contributed by atoms with Crippen LogP contribution in [0.25, 0.3) is 0 Å². The number of likely N-dealkylation sites (tertiary alicyclic amines) is 1. The Morgan fingerprint density at radius 3 is 2.38 bits per heavy atom. The number of hydrogen-bond donors (Lipinski definition) is 1. The molecular formula is C19H26N4O3. The molecule has 7 heteroatoms. The van der Waals surface area contributed by atoms with Gasteiger partial charge in [0.1, 0.15) is 5.69 Å². The zero-order valence-electron chi connectivity index (χ0n) is 15.0. The lowest BCUT2D eigenvalue weighted by atomic mass is 10.1. The van der Waals surface area contributed by atoms with Gasteiger partial charge in [0.25, 0.3) is 5.91 Å². The van der Waals surface area contributed by atoms with Crippen molar-refractivity contribution >= 4 is 17.7 Å². The Bertz CT molecular complexity index is 673. The van der Waals surface area contributed by atoms with Gasteiger partial charge in [-0.3, -0.25) is 14.4 Å². The summed E-state index contributed by atoms with van der Waals surface area (Å²) in [6.45, 7) is 2.73. The lowest BCUT2D eigenvalue weighted by Gasteiger charge is -2.35. The molecule has 0 spiro atoms. The van der Waals surface area contributed by atoms with Crippen LogP contribution < -0.4 is 0 Å². The normalized spacial score (nSPS) is 24.5. The number of aromatic amines is 1. The summed E-state index contributed by atoms with van der Waals surface area (Å²) in [6.07, 6.45) is 6.60. The Balaban J connectivity index is 1.31. The van der Waals surface area contributed by atoms with E-state index in [-0.39, 0.29) is 23.6 Å². The number of carbonyl (C=O) groups excluding carboxylic acids is 3. The van der Waals surface area contributed by atoms with Gasteiger partial charge in [0.15, 0.2) is 0 Å². The second kappa shape index (κ2) is 7.13. The Hall–Kier alpha value is -2.31. The number of H-pyrrole nitrogens is 1. The smallest absolute Gasteiger partial charge is 0.270 e. The van der Waals surface area contributed by atoms with Crippen LogP contribution >= 0.6 is 0 Å². The molecule has 3 amide bonds. The number of aromatic nitrogens is 1. The highest BCUT2D eigenvalue weighted by molar-refractivity contribution is 5.93. The van der Waals surface area contributed by atoms with Gasteiger partial charge in [-0.15, -0.1) is 0 Å². The Kier molecular flexibility index (Phi) is 4.70. The van der Waals surface area contributed by atoms with Crippen LogP contribution in [-0.2, 0) is 9.59 Å². The SMILES string of the molecule is O=C(c1ccc[nH]1)N1CCN(C(=O)C2CC(=O)N(C3CCCC3)C2)CC1. The molecular weight excluding hydrogens is 332 g/mol. The van der Waals surface area contributed by atoms with E-state index < -0.39 is 0 Å². The molecule has 1 aliphatic carbocycles. The van der Waals surface area contributed by atoms with Crippen LogP contribution in [-0.4, -0.2) is 76.2 Å². The van der Waals surface area contributed by atoms with Crippen LogP contribution in [0.5, 0.6) is 0 Å². The minimum absolute atomic E-state index is 0.0226. The first-order valence-electron chi connectivity index (χ1n) is 9.64. The fourth-order valence-electron chi connectivity index (χ4n) is 4.49. The molecule has 7 nitrogen and oxygen atoms in total. The summed E-state index contributed by atoms with van der Waals surface area (Å²) < 4.78 is 0. The van der Waals surface area contributed by atoms with Crippen molar-refractivity contribution < 1.29 is 14.4 Å². The van der Waals surface area contributed by atoms with Crippen LogP contribution in [0, 0.1) is 5.92 Å². The molecule has 1 unspecified atom stereocenters. The van der Waals surface area contributed by atoms with E-state index in [9.17, 15) is 14.4 Å². The van der Waals surface area contributed by atoms with Gasteiger partial charge in [-0.1, -0.05) is 12.8 Å². The highest BCUT2D eigenvalue weighted by Crippen LogP contribution is 2.30. The van der Waals surface area contributed by atoms with Gasteiger partial charge in [-0.2, -0.15) is 0 Å². The van der Waals surface area contributed by atoms with Crippen molar-refractivity contribution in [2.75, 3.05) is 32.7 Å². The maximum Gasteiger partial charge on any atom is 0.270 e. The summed E-state index contributed by atoms with van der Waals surface area (Å²) in [5, 5.41) is 0. The molecule has 4 rings (SSSR count). The number of nitrogens with one attached hydrogen (secondary N) is 1. The topological polar surface area (TPSA) is 76.7 Å². The zero-order valence-corrected chi connectivity index (χ0v) is 15.0. The zero-order chi connectivity index (χ0) is 18.1. The quantitative estimate of drug-likeness (QED) is 0.879. The highest BCUT2D eigenvalue weighted by atomic mass is 16.2. The summed E-state index contributed by atoms with van der Waals surface area (Å²) >= 11 is 0. The van der Waals surface area contributed by atoms with Crippen molar-refractivity contribution in [1.29, 1.82) is 0 Å². The molecule has 2 aliphatic heterocycles.